The lowest BCUT2D eigenvalue weighted by molar-refractivity contribution is -0.141. The van der Waals surface area contributed by atoms with Crippen LogP contribution < -0.4 is 9.62 Å². The Morgan fingerprint density at radius 3 is 2.08 bits per heavy atom. The largest absolute Gasteiger partial charge is 0.352 e. The average Bonchev–Trinajstić information content (AvgIpc) is 2.90. The van der Waals surface area contributed by atoms with Gasteiger partial charge >= 0.3 is 0 Å². The Labute approximate surface area is 247 Å². The van der Waals surface area contributed by atoms with E-state index >= 15 is 0 Å². The van der Waals surface area contributed by atoms with Crippen LogP contribution in [-0.2, 0) is 32.6 Å². The number of halogens is 2. The Morgan fingerprint density at radius 1 is 0.900 bits per heavy atom. The maximum atomic E-state index is 13.8. The van der Waals surface area contributed by atoms with Gasteiger partial charge in [0.05, 0.1) is 17.0 Å². The number of hydrogen-bond donors (Lipinski definition) is 1. The van der Waals surface area contributed by atoms with E-state index < -0.39 is 16.1 Å². The Hall–Kier alpha value is -3.07. The van der Waals surface area contributed by atoms with Gasteiger partial charge in [-0.25, -0.2) is 8.42 Å². The van der Waals surface area contributed by atoms with Crippen LogP contribution in [0.4, 0.5) is 5.69 Å². The minimum absolute atomic E-state index is 0.0192. The molecule has 3 aromatic rings. The van der Waals surface area contributed by atoms with Crippen molar-refractivity contribution >= 4 is 50.7 Å². The molecule has 10 heteroatoms. The molecule has 40 heavy (non-hydrogen) atoms. The number of amides is 2. The first kappa shape index (κ1) is 31.5. The average molecular weight is 605 g/mol. The molecule has 214 valence electrons. The van der Waals surface area contributed by atoms with E-state index in [0.29, 0.717) is 11.4 Å². The van der Waals surface area contributed by atoms with Gasteiger partial charge in [0.2, 0.25) is 21.8 Å². The van der Waals surface area contributed by atoms with Crippen LogP contribution >= 0.6 is 23.2 Å². The second-order valence-electron chi connectivity index (χ2n) is 9.91. The van der Waals surface area contributed by atoms with E-state index in [1.165, 1.54) is 12.1 Å². The second-order valence-corrected chi connectivity index (χ2v) is 12.7. The topological polar surface area (TPSA) is 86.8 Å². The fourth-order valence-electron chi connectivity index (χ4n) is 4.37. The first-order valence-corrected chi connectivity index (χ1v) is 15.7. The van der Waals surface area contributed by atoms with Crippen LogP contribution in [0.15, 0.2) is 78.9 Å². The molecule has 7 nitrogen and oxygen atoms in total. The van der Waals surface area contributed by atoms with Crippen LogP contribution in [0.5, 0.6) is 0 Å². The second kappa shape index (κ2) is 14.5. The van der Waals surface area contributed by atoms with E-state index in [9.17, 15) is 18.0 Å². The predicted octanol–water partition coefficient (Wildman–Crippen LogP) is 5.70. The van der Waals surface area contributed by atoms with Gasteiger partial charge in [0.15, 0.2) is 0 Å². The molecule has 1 atom stereocenters. The van der Waals surface area contributed by atoms with Crippen LogP contribution in [0.25, 0.3) is 0 Å². The molecule has 2 amide bonds. The van der Waals surface area contributed by atoms with E-state index in [-0.39, 0.29) is 54.5 Å². The summed E-state index contributed by atoms with van der Waals surface area (Å²) in [5, 5.41) is 3.55. The van der Waals surface area contributed by atoms with Crippen molar-refractivity contribution in [1.82, 2.24) is 10.2 Å². The minimum atomic E-state index is -3.71. The van der Waals surface area contributed by atoms with Crippen molar-refractivity contribution in [3.63, 3.8) is 0 Å². The molecule has 3 aromatic carbocycles. The summed E-state index contributed by atoms with van der Waals surface area (Å²) in [6.07, 6.45) is 1.66. The molecule has 0 aliphatic carbocycles. The van der Waals surface area contributed by atoms with Gasteiger partial charge in [0.1, 0.15) is 6.04 Å². The Balaban J connectivity index is 1.88. The molecule has 0 aromatic heterocycles. The van der Waals surface area contributed by atoms with Gasteiger partial charge in [-0.2, -0.15) is 0 Å². The van der Waals surface area contributed by atoms with Crippen molar-refractivity contribution in [2.75, 3.05) is 17.1 Å². The lowest BCUT2D eigenvalue weighted by Crippen LogP contribution is -2.51. The standard InChI is InChI=1S/C30H35Cl2N3O4S/c1-22(2)33-30(37)28(19-23-11-6-4-7-12-23)34(21-24-13-8-5-9-14-24)29(36)15-10-18-35(40(3,38)39)27-20-25(31)16-17-26(27)32/h4-9,11-14,16-17,20,22,28H,10,15,18-19,21H2,1-3H3,(H,33,37)/t28-/m0/s1. The van der Waals surface area contributed by atoms with Crippen molar-refractivity contribution in [2.45, 2.75) is 51.7 Å². The van der Waals surface area contributed by atoms with Gasteiger partial charge in [0.25, 0.3) is 0 Å². The van der Waals surface area contributed by atoms with E-state index in [2.05, 4.69) is 5.32 Å². The molecule has 0 aliphatic rings. The lowest BCUT2D eigenvalue weighted by Gasteiger charge is -2.32. The fraction of sp³-hybridized carbons (Fsp3) is 0.333. The molecule has 0 heterocycles. The normalized spacial score (nSPS) is 12.2. The quantitative estimate of drug-likeness (QED) is 0.271. The lowest BCUT2D eigenvalue weighted by atomic mass is 10.0. The zero-order valence-electron chi connectivity index (χ0n) is 22.9. The van der Waals surface area contributed by atoms with E-state index in [4.69, 9.17) is 23.2 Å². The number of hydrogen-bond acceptors (Lipinski definition) is 4. The number of benzene rings is 3. The van der Waals surface area contributed by atoms with Crippen LogP contribution in [-0.4, -0.2) is 50.0 Å². The third-order valence-corrected chi connectivity index (χ3v) is 7.96. The number of carbonyl (C=O) groups excluding carboxylic acids is 2. The highest BCUT2D eigenvalue weighted by Crippen LogP contribution is 2.31. The molecule has 0 bridgehead atoms. The molecule has 0 radical (unpaired) electrons. The number of nitrogens with zero attached hydrogens (tertiary/aromatic N) is 2. The summed E-state index contributed by atoms with van der Waals surface area (Å²) in [5.41, 5.74) is 2.06. The molecule has 0 spiro atoms. The maximum absolute atomic E-state index is 13.8. The SMILES string of the molecule is CC(C)NC(=O)[C@H](Cc1ccccc1)N(Cc1ccccc1)C(=O)CCCN(c1cc(Cl)ccc1Cl)S(C)(=O)=O. The van der Waals surface area contributed by atoms with Crippen molar-refractivity contribution in [3.05, 3.63) is 100 Å². The third kappa shape index (κ3) is 9.25. The van der Waals surface area contributed by atoms with Crippen LogP contribution in [0.1, 0.15) is 37.8 Å². The molecule has 1 N–H and O–H groups in total. The number of anilines is 1. The highest BCUT2D eigenvalue weighted by molar-refractivity contribution is 7.92. The van der Waals surface area contributed by atoms with Gasteiger partial charge in [0, 0.05) is 37.0 Å². The third-order valence-electron chi connectivity index (χ3n) is 6.23. The van der Waals surface area contributed by atoms with Crippen LogP contribution in [0.2, 0.25) is 10.0 Å². The smallest absolute Gasteiger partial charge is 0.243 e. The van der Waals surface area contributed by atoms with Gasteiger partial charge < -0.3 is 10.2 Å². The molecule has 0 aliphatic heterocycles. The summed E-state index contributed by atoms with van der Waals surface area (Å²) < 4.78 is 26.4. The van der Waals surface area contributed by atoms with Crippen LogP contribution in [0.3, 0.4) is 0 Å². The molecular weight excluding hydrogens is 569 g/mol. The van der Waals surface area contributed by atoms with E-state index in [1.54, 1.807) is 11.0 Å². The summed E-state index contributed by atoms with van der Waals surface area (Å²) in [6, 6.07) is 22.8. The van der Waals surface area contributed by atoms with Gasteiger partial charge in [-0.05, 0) is 49.6 Å². The Kier molecular flexibility index (Phi) is 11.4. The Morgan fingerprint density at radius 2 is 1.50 bits per heavy atom. The van der Waals surface area contributed by atoms with Gasteiger partial charge in [-0.3, -0.25) is 13.9 Å². The first-order chi connectivity index (χ1) is 19.0. The van der Waals surface area contributed by atoms with Crippen molar-refractivity contribution in [1.29, 1.82) is 0 Å². The van der Waals surface area contributed by atoms with Gasteiger partial charge in [-0.1, -0.05) is 83.9 Å². The molecule has 0 unspecified atom stereocenters. The fourth-order valence-corrected chi connectivity index (χ4v) is 5.78. The zero-order valence-corrected chi connectivity index (χ0v) is 25.2. The summed E-state index contributed by atoms with van der Waals surface area (Å²) >= 11 is 12.4. The molecule has 0 saturated carbocycles. The molecule has 0 saturated heterocycles. The summed E-state index contributed by atoms with van der Waals surface area (Å²) in [7, 11) is -3.71. The zero-order chi connectivity index (χ0) is 29.3. The number of sulfonamides is 1. The van der Waals surface area contributed by atoms with Crippen molar-refractivity contribution in [2.24, 2.45) is 0 Å². The first-order valence-electron chi connectivity index (χ1n) is 13.1. The van der Waals surface area contributed by atoms with E-state index in [0.717, 1.165) is 21.7 Å². The minimum Gasteiger partial charge on any atom is -0.352 e. The van der Waals surface area contributed by atoms with Crippen molar-refractivity contribution in [3.8, 4) is 0 Å². The highest BCUT2D eigenvalue weighted by Gasteiger charge is 2.31. The van der Waals surface area contributed by atoms with Gasteiger partial charge in [-0.15, -0.1) is 0 Å². The predicted molar refractivity (Wildman–Crippen MR) is 162 cm³/mol. The summed E-state index contributed by atoms with van der Waals surface area (Å²) in [5.74, 6) is -0.499. The Bertz CT molecular complexity index is 1390. The maximum Gasteiger partial charge on any atom is 0.243 e. The van der Waals surface area contributed by atoms with Crippen molar-refractivity contribution < 1.29 is 18.0 Å². The van der Waals surface area contributed by atoms with E-state index in [1.807, 2.05) is 74.5 Å². The number of rotatable bonds is 13. The molecular formula is C30H35Cl2N3O4S. The monoisotopic (exact) mass is 603 g/mol. The van der Waals surface area contributed by atoms with Crippen LogP contribution in [0, 0.1) is 0 Å². The number of nitrogens with one attached hydrogen (secondary N) is 1. The summed E-state index contributed by atoms with van der Waals surface area (Å²) in [4.78, 5) is 28.8. The molecule has 3 rings (SSSR count). The highest BCUT2D eigenvalue weighted by atomic mass is 35.5. The number of carbonyl (C=O) groups is 2. The molecule has 0 fully saturated rings. The summed E-state index contributed by atoms with van der Waals surface area (Å²) in [6.45, 7) is 4.01.